The van der Waals surface area contributed by atoms with Crippen LogP contribution >= 0.6 is 23.2 Å². The van der Waals surface area contributed by atoms with Gasteiger partial charge in [-0.3, -0.25) is 4.68 Å². The SMILES string of the molecule is CC(C)(C)C.CC(C)(C)C.CC(C)C.C[C@@H](Oc1cc(-c2cnn(C)c2)cnc1N)c1c(Cl)ccc(F)c1Cl. The number of aromatic nitrogens is 3. The van der Waals surface area contributed by atoms with Gasteiger partial charge in [-0.05, 0) is 41.9 Å². The molecule has 0 radical (unpaired) electrons. The lowest BCUT2D eigenvalue weighted by molar-refractivity contribution is 0.227. The zero-order valence-corrected chi connectivity index (χ0v) is 27.6. The van der Waals surface area contributed by atoms with E-state index in [9.17, 15) is 4.39 Å². The standard InChI is InChI=1S/C17H15Cl2FN4O.2C5H12.C4H10/c1-9(15-12(18)3-4-13(20)16(15)19)25-14-5-10(6-22-17(14)21)11-7-23-24(2)8-11;2*1-5(2,3)4;1-4(2)3/h3-9H,1-2H3,(H2,21,22);2*1-4H3;4H,1-3H3/t9-;;;/m1.../s1. The Hall–Kier alpha value is -2.31. The quantitative estimate of drug-likeness (QED) is 0.310. The van der Waals surface area contributed by atoms with E-state index in [-0.39, 0.29) is 10.8 Å². The molecule has 220 valence electrons. The van der Waals surface area contributed by atoms with Crippen LogP contribution in [-0.4, -0.2) is 14.8 Å². The van der Waals surface area contributed by atoms with Crippen molar-refractivity contribution in [3.63, 3.8) is 0 Å². The van der Waals surface area contributed by atoms with Gasteiger partial charge in [0.1, 0.15) is 11.9 Å². The summed E-state index contributed by atoms with van der Waals surface area (Å²) in [6, 6.07) is 4.39. The van der Waals surface area contributed by atoms with Gasteiger partial charge in [-0.1, -0.05) is 99.4 Å². The van der Waals surface area contributed by atoms with E-state index in [1.807, 2.05) is 13.2 Å². The molecule has 1 atom stereocenters. The molecule has 0 aliphatic heterocycles. The summed E-state index contributed by atoms with van der Waals surface area (Å²) >= 11 is 12.2. The van der Waals surface area contributed by atoms with Crippen molar-refractivity contribution in [1.29, 1.82) is 0 Å². The Morgan fingerprint density at radius 2 is 1.38 bits per heavy atom. The van der Waals surface area contributed by atoms with E-state index in [0.29, 0.717) is 27.2 Å². The summed E-state index contributed by atoms with van der Waals surface area (Å²) in [5, 5.41) is 4.37. The number of hydrogen-bond donors (Lipinski definition) is 1. The van der Waals surface area contributed by atoms with Crippen molar-refractivity contribution in [1.82, 2.24) is 14.8 Å². The number of benzene rings is 1. The van der Waals surface area contributed by atoms with Crippen LogP contribution in [0.2, 0.25) is 10.0 Å². The predicted molar refractivity (Wildman–Crippen MR) is 167 cm³/mol. The van der Waals surface area contributed by atoms with Crippen LogP contribution in [0.25, 0.3) is 11.1 Å². The number of nitrogens with zero attached hydrogens (tertiary/aromatic N) is 3. The first-order valence-electron chi connectivity index (χ1n) is 13.1. The molecule has 1 aromatic carbocycles. The highest BCUT2D eigenvalue weighted by atomic mass is 35.5. The lowest BCUT2D eigenvalue weighted by Crippen LogP contribution is -2.08. The number of pyridine rings is 1. The highest BCUT2D eigenvalue weighted by molar-refractivity contribution is 6.36. The van der Waals surface area contributed by atoms with Crippen LogP contribution in [0.3, 0.4) is 0 Å². The van der Waals surface area contributed by atoms with E-state index >= 15 is 0 Å². The predicted octanol–water partition coefficient (Wildman–Crippen LogP) is 10.4. The summed E-state index contributed by atoms with van der Waals surface area (Å²) in [7, 11) is 1.82. The number of ether oxygens (including phenoxy) is 1. The molecule has 39 heavy (non-hydrogen) atoms. The zero-order valence-electron chi connectivity index (χ0n) is 26.1. The molecule has 0 spiro atoms. The molecule has 2 aromatic heterocycles. The van der Waals surface area contributed by atoms with Crippen molar-refractivity contribution in [2.75, 3.05) is 5.73 Å². The van der Waals surface area contributed by atoms with Crippen LogP contribution in [0.15, 0.2) is 36.8 Å². The number of aryl methyl sites for hydroxylation is 1. The van der Waals surface area contributed by atoms with Crippen molar-refractivity contribution in [2.24, 2.45) is 23.8 Å². The Morgan fingerprint density at radius 1 is 0.897 bits per heavy atom. The fourth-order valence-corrected chi connectivity index (χ4v) is 3.12. The van der Waals surface area contributed by atoms with Crippen molar-refractivity contribution >= 4 is 29.0 Å². The second-order valence-electron chi connectivity index (χ2n) is 13.3. The molecule has 0 fully saturated rings. The molecule has 0 unspecified atom stereocenters. The highest BCUT2D eigenvalue weighted by Gasteiger charge is 2.20. The average molecular weight is 584 g/mol. The van der Waals surface area contributed by atoms with Crippen LogP contribution in [-0.2, 0) is 7.05 Å². The number of rotatable bonds is 4. The second kappa shape index (κ2) is 16.1. The molecule has 0 bridgehead atoms. The van der Waals surface area contributed by atoms with Crippen molar-refractivity contribution in [3.8, 4) is 16.9 Å². The zero-order chi connectivity index (χ0) is 30.7. The first-order chi connectivity index (χ1) is 17.6. The van der Waals surface area contributed by atoms with Gasteiger partial charge in [0.25, 0.3) is 0 Å². The molecule has 0 aliphatic rings. The van der Waals surface area contributed by atoms with Gasteiger partial charge in [0.15, 0.2) is 11.6 Å². The maximum absolute atomic E-state index is 13.7. The molecule has 0 aliphatic carbocycles. The summed E-state index contributed by atoms with van der Waals surface area (Å²) in [5.41, 5.74) is 8.93. The van der Waals surface area contributed by atoms with Gasteiger partial charge < -0.3 is 10.5 Å². The van der Waals surface area contributed by atoms with E-state index in [1.54, 1.807) is 30.1 Å². The first-order valence-corrected chi connectivity index (χ1v) is 13.9. The lowest BCUT2D eigenvalue weighted by atomic mass is 10.0. The summed E-state index contributed by atoms with van der Waals surface area (Å²) in [6.45, 7) is 25.7. The minimum atomic E-state index is -0.621. The van der Waals surface area contributed by atoms with Gasteiger partial charge in [0.05, 0.1) is 11.2 Å². The van der Waals surface area contributed by atoms with Crippen LogP contribution < -0.4 is 10.5 Å². The minimum Gasteiger partial charge on any atom is -0.482 e. The van der Waals surface area contributed by atoms with Gasteiger partial charge in [-0.15, -0.1) is 0 Å². The third-order valence-corrected chi connectivity index (χ3v) is 4.42. The Labute approximate surface area is 246 Å². The monoisotopic (exact) mass is 582 g/mol. The lowest BCUT2D eigenvalue weighted by Gasteiger charge is -2.19. The highest BCUT2D eigenvalue weighted by Crippen LogP contribution is 2.36. The first kappa shape index (κ1) is 36.7. The molecule has 3 aromatic rings. The van der Waals surface area contributed by atoms with Crippen molar-refractivity contribution in [3.05, 3.63) is 58.2 Å². The Bertz CT molecular complexity index is 1120. The van der Waals surface area contributed by atoms with Crippen molar-refractivity contribution in [2.45, 2.75) is 89.2 Å². The molecule has 2 N–H and O–H groups in total. The van der Waals surface area contributed by atoms with Gasteiger partial charge in [0.2, 0.25) is 0 Å². The van der Waals surface area contributed by atoms with Crippen LogP contribution in [0.4, 0.5) is 10.2 Å². The second-order valence-corrected chi connectivity index (χ2v) is 14.0. The molecular formula is C31H49Cl2FN4O. The molecule has 0 amide bonds. The normalized spacial score (nSPS) is 11.8. The molecule has 5 nitrogen and oxygen atoms in total. The number of anilines is 1. The smallest absolute Gasteiger partial charge is 0.166 e. The van der Waals surface area contributed by atoms with Crippen LogP contribution in [0.5, 0.6) is 5.75 Å². The fourth-order valence-electron chi connectivity index (χ4n) is 2.44. The molecule has 2 heterocycles. The van der Waals surface area contributed by atoms with Crippen molar-refractivity contribution < 1.29 is 9.13 Å². The molecule has 0 saturated heterocycles. The van der Waals surface area contributed by atoms with E-state index in [0.717, 1.165) is 17.0 Å². The maximum Gasteiger partial charge on any atom is 0.166 e. The van der Waals surface area contributed by atoms with Gasteiger partial charge in [0, 0.05) is 41.2 Å². The number of hydrogen-bond acceptors (Lipinski definition) is 4. The number of nitrogens with two attached hydrogens (primary N) is 1. The number of halogens is 3. The van der Waals surface area contributed by atoms with Gasteiger partial charge >= 0.3 is 0 Å². The Morgan fingerprint density at radius 3 is 1.82 bits per heavy atom. The number of nitrogen functional groups attached to an aromatic ring is 1. The van der Waals surface area contributed by atoms with Crippen LogP contribution in [0.1, 0.15) is 94.8 Å². The Kier molecular flexibility index (Phi) is 15.1. The van der Waals surface area contributed by atoms with Crippen LogP contribution in [0, 0.1) is 22.6 Å². The van der Waals surface area contributed by atoms with E-state index < -0.39 is 11.9 Å². The summed E-state index contributed by atoms with van der Waals surface area (Å²) in [6.07, 6.45) is 4.57. The summed E-state index contributed by atoms with van der Waals surface area (Å²) < 4.78 is 21.3. The third-order valence-electron chi connectivity index (χ3n) is 3.71. The fraction of sp³-hybridized carbons (Fsp3) is 0.548. The van der Waals surface area contributed by atoms with Gasteiger partial charge in [-0.2, -0.15) is 5.10 Å². The maximum atomic E-state index is 13.7. The molecule has 3 rings (SSSR count). The average Bonchev–Trinajstić information content (AvgIpc) is 3.16. The molecule has 8 heteroatoms. The van der Waals surface area contributed by atoms with E-state index in [4.69, 9.17) is 33.7 Å². The topological polar surface area (TPSA) is 66.0 Å². The van der Waals surface area contributed by atoms with E-state index in [1.165, 1.54) is 12.1 Å². The van der Waals surface area contributed by atoms with E-state index in [2.05, 4.69) is 86.2 Å². The largest absolute Gasteiger partial charge is 0.482 e. The summed E-state index contributed by atoms with van der Waals surface area (Å²) in [4.78, 5) is 4.15. The third kappa shape index (κ3) is 17.1. The van der Waals surface area contributed by atoms with Gasteiger partial charge in [-0.25, -0.2) is 9.37 Å². The molecular weight excluding hydrogens is 534 g/mol. The minimum absolute atomic E-state index is 0.0741. The molecule has 0 saturated carbocycles. The Balaban J connectivity index is 0.000000855. The summed E-state index contributed by atoms with van der Waals surface area (Å²) in [5.74, 6) is 0.833.